The molecule has 0 radical (unpaired) electrons. The highest BCUT2D eigenvalue weighted by atomic mass is 16.1. The van der Waals surface area contributed by atoms with Crippen molar-refractivity contribution in [3.63, 3.8) is 0 Å². The SMILES string of the molecule is Cc1cccn(N=CCCc2cccnc2)c1=O. The summed E-state index contributed by atoms with van der Waals surface area (Å²) in [6.07, 6.45) is 8.67. The van der Waals surface area contributed by atoms with Gasteiger partial charge in [0.2, 0.25) is 0 Å². The molecule has 4 nitrogen and oxygen atoms in total. The Balaban J connectivity index is 1.96. The Morgan fingerprint density at radius 1 is 1.39 bits per heavy atom. The monoisotopic (exact) mass is 241 g/mol. The third kappa shape index (κ3) is 3.13. The molecule has 0 aliphatic carbocycles. The molecule has 0 bridgehead atoms. The average molecular weight is 241 g/mol. The van der Waals surface area contributed by atoms with E-state index in [9.17, 15) is 4.79 Å². The van der Waals surface area contributed by atoms with Gasteiger partial charge in [-0.15, -0.1) is 0 Å². The van der Waals surface area contributed by atoms with E-state index in [0.717, 1.165) is 12.8 Å². The van der Waals surface area contributed by atoms with Gasteiger partial charge in [0.15, 0.2) is 0 Å². The van der Waals surface area contributed by atoms with Gasteiger partial charge < -0.3 is 0 Å². The summed E-state index contributed by atoms with van der Waals surface area (Å²) in [4.78, 5) is 15.7. The van der Waals surface area contributed by atoms with E-state index in [1.807, 2.05) is 24.4 Å². The highest BCUT2D eigenvalue weighted by Crippen LogP contribution is 1.98. The molecule has 2 rings (SSSR count). The van der Waals surface area contributed by atoms with Crippen molar-refractivity contribution >= 4 is 6.21 Å². The maximum Gasteiger partial charge on any atom is 0.273 e. The molecule has 2 aromatic rings. The molecule has 4 heteroatoms. The lowest BCUT2D eigenvalue weighted by molar-refractivity contribution is 0.815. The van der Waals surface area contributed by atoms with Crippen molar-refractivity contribution in [1.82, 2.24) is 9.66 Å². The standard InChI is InChI=1S/C14H15N3O/c1-12-5-4-10-17(14(12)18)16-9-3-7-13-6-2-8-15-11-13/h2,4-6,8-11H,3,7H2,1H3. The van der Waals surface area contributed by atoms with Gasteiger partial charge in [0.25, 0.3) is 5.56 Å². The summed E-state index contributed by atoms with van der Waals surface area (Å²) in [6, 6.07) is 7.54. The maximum atomic E-state index is 11.7. The summed E-state index contributed by atoms with van der Waals surface area (Å²) >= 11 is 0. The third-order valence-electron chi connectivity index (χ3n) is 2.61. The van der Waals surface area contributed by atoms with Crippen LogP contribution >= 0.6 is 0 Å². The summed E-state index contributed by atoms with van der Waals surface area (Å²) in [5.74, 6) is 0. The van der Waals surface area contributed by atoms with Crippen LogP contribution in [0.15, 0.2) is 52.8 Å². The molecule has 92 valence electrons. The predicted octanol–water partition coefficient (Wildman–Crippen LogP) is 2.02. The van der Waals surface area contributed by atoms with Crippen LogP contribution in [0.1, 0.15) is 17.5 Å². The number of nitrogens with zero attached hydrogens (tertiary/aromatic N) is 3. The molecular formula is C14H15N3O. The first kappa shape index (κ1) is 12.2. The Morgan fingerprint density at radius 3 is 3.06 bits per heavy atom. The Labute approximate surface area is 106 Å². The molecule has 0 unspecified atom stereocenters. The van der Waals surface area contributed by atoms with Crippen LogP contribution in [-0.4, -0.2) is 15.9 Å². The molecule has 0 atom stereocenters. The normalized spacial score (nSPS) is 10.9. The molecule has 0 spiro atoms. The summed E-state index contributed by atoms with van der Waals surface area (Å²) < 4.78 is 1.36. The van der Waals surface area contributed by atoms with E-state index in [0.29, 0.717) is 5.56 Å². The molecule has 2 heterocycles. The molecule has 0 saturated heterocycles. The van der Waals surface area contributed by atoms with Gasteiger partial charge >= 0.3 is 0 Å². The zero-order chi connectivity index (χ0) is 12.8. The van der Waals surface area contributed by atoms with Crippen molar-refractivity contribution < 1.29 is 0 Å². The summed E-state index contributed by atoms with van der Waals surface area (Å²) in [6.45, 7) is 1.78. The zero-order valence-electron chi connectivity index (χ0n) is 10.3. The van der Waals surface area contributed by atoms with Crippen molar-refractivity contribution in [3.05, 3.63) is 64.3 Å². The summed E-state index contributed by atoms with van der Waals surface area (Å²) in [5, 5.41) is 4.14. The molecule has 0 amide bonds. The number of hydrogen-bond donors (Lipinski definition) is 0. The van der Waals surface area contributed by atoms with Crippen LogP contribution in [0.25, 0.3) is 0 Å². The van der Waals surface area contributed by atoms with Crippen molar-refractivity contribution in [1.29, 1.82) is 0 Å². The van der Waals surface area contributed by atoms with Crippen LogP contribution in [0.4, 0.5) is 0 Å². The molecule has 0 aromatic carbocycles. The van der Waals surface area contributed by atoms with Gasteiger partial charge in [0.05, 0.1) is 0 Å². The average Bonchev–Trinajstić information content (AvgIpc) is 2.40. The van der Waals surface area contributed by atoms with Crippen molar-refractivity contribution in [2.24, 2.45) is 5.10 Å². The highest BCUT2D eigenvalue weighted by molar-refractivity contribution is 5.57. The predicted molar refractivity (Wildman–Crippen MR) is 71.9 cm³/mol. The first-order chi connectivity index (χ1) is 8.77. The largest absolute Gasteiger partial charge is 0.273 e. The number of aryl methyl sites for hydroxylation is 2. The molecule has 0 fully saturated rings. The van der Waals surface area contributed by atoms with Crippen LogP contribution in [0.5, 0.6) is 0 Å². The second-order valence-corrected chi connectivity index (χ2v) is 4.04. The molecule has 18 heavy (non-hydrogen) atoms. The molecule has 0 N–H and O–H groups in total. The number of rotatable bonds is 4. The van der Waals surface area contributed by atoms with E-state index in [4.69, 9.17) is 0 Å². The van der Waals surface area contributed by atoms with E-state index in [1.54, 1.807) is 31.6 Å². The summed E-state index contributed by atoms with van der Waals surface area (Å²) in [5.41, 5.74) is 1.79. The van der Waals surface area contributed by atoms with E-state index < -0.39 is 0 Å². The summed E-state index contributed by atoms with van der Waals surface area (Å²) in [7, 11) is 0. The fourth-order valence-electron chi connectivity index (χ4n) is 1.60. The van der Waals surface area contributed by atoms with E-state index in [-0.39, 0.29) is 5.56 Å². The second kappa shape index (κ2) is 5.91. The van der Waals surface area contributed by atoms with E-state index in [2.05, 4.69) is 10.1 Å². The number of hydrogen-bond acceptors (Lipinski definition) is 3. The Bertz CT molecular complexity index is 587. The lowest BCUT2D eigenvalue weighted by Crippen LogP contribution is -2.17. The smallest absolute Gasteiger partial charge is 0.267 e. The van der Waals surface area contributed by atoms with Crippen molar-refractivity contribution in [3.8, 4) is 0 Å². The minimum absolute atomic E-state index is 0.0740. The van der Waals surface area contributed by atoms with Gasteiger partial charge in [-0.2, -0.15) is 5.10 Å². The second-order valence-electron chi connectivity index (χ2n) is 4.04. The lowest BCUT2D eigenvalue weighted by atomic mass is 10.2. The van der Waals surface area contributed by atoms with Gasteiger partial charge in [-0.1, -0.05) is 12.1 Å². The maximum absolute atomic E-state index is 11.7. The molecule has 0 aliphatic heterocycles. The first-order valence-electron chi connectivity index (χ1n) is 5.87. The minimum atomic E-state index is -0.0740. The van der Waals surface area contributed by atoms with Gasteiger partial charge in [-0.3, -0.25) is 9.78 Å². The Hall–Kier alpha value is -2.23. The fourth-order valence-corrected chi connectivity index (χ4v) is 1.60. The van der Waals surface area contributed by atoms with Crippen LogP contribution in [0.2, 0.25) is 0 Å². The van der Waals surface area contributed by atoms with Gasteiger partial charge in [-0.05, 0) is 37.5 Å². The number of pyridine rings is 2. The number of aromatic nitrogens is 2. The quantitative estimate of drug-likeness (QED) is 0.769. The van der Waals surface area contributed by atoms with E-state index >= 15 is 0 Å². The lowest BCUT2D eigenvalue weighted by Gasteiger charge is -1.99. The molecule has 0 aliphatic rings. The first-order valence-corrected chi connectivity index (χ1v) is 5.87. The molecular weight excluding hydrogens is 226 g/mol. The Morgan fingerprint density at radius 2 is 2.28 bits per heavy atom. The zero-order valence-corrected chi connectivity index (χ0v) is 10.3. The van der Waals surface area contributed by atoms with E-state index in [1.165, 1.54) is 10.2 Å². The van der Waals surface area contributed by atoms with Gasteiger partial charge in [0, 0.05) is 30.4 Å². The van der Waals surface area contributed by atoms with Crippen LogP contribution in [0, 0.1) is 6.92 Å². The van der Waals surface area contributed by atoms with Gasteiger partial charge in [-0.25, -0.2) is 4.68 Å². The third-order valence-corrected chi connectivity index (χ3v) is 2.61. The molecule has 2 aromatic heterocycles. The van der Waals surface area contributed by atoms with Crippen molar-refractivity contribution in [2.45, 2.75) is 19.8 Å². The van der Waals surface area contributed by atoms with Crippen molar-refractivity contribution in [2.75, 3.05) is 0 Å². The fraction of sp³-hybridized carbons (Fsp3) is 0.214. The van der Waals surface area contributed by atoms with Crippen LogP contribution < -0.4 is 5.56 Å². The highest BCUT2D eigenvalue weighted by Gasteiger charge is 1.95. The van der Waals surface area contributed by atoms with Gasteiger partial charge in [0.1, 0.15) is 0 Å². The van der Waals surface area contributed by atoms with Crippen LogP contribution in [-0.2, 0) is 6.42 Å². The minimum Gasteiger partial charge on any atom is -0.267 e. The van der Waals surface area contributed by atoms with Crippen LogP contribution in [0.3, 0.4) is 0 Å². The molecule has 0 saturated carbocycles. The Kier molecular flexibility index (Phi) is 4.02. The topological polar surface area (TPSA) is 47.2 Å².